The summed E-state index contributed by atoms with van der Waals surface area (Å²) in [6.45, 7) is 5.50. The second-order valence-corrected chi connectivity index (χ2v) is 4.36. The van der Waals surface area contributed by atoms with Crippen LogP contribution in [0.15, 0.2) is 12.1 Å². The van der Waals surface area contributed by atoms with Crippen LogP contribution in [-0.2, 0) is 9.53 Å². The van der Waals surface area contributed by atoms with Gasteiger partial charge >= 0.3 is 5.97 Å². The number of aryl methyl sites for hydroxylation is 1. The normalized spacial score (nSPS) is 12.1. The molecule has 0 fully saturated rings. The molecule has 0 aliphatic carbocycles. The molecular weight excluding hydrogens is 263 g/mol. The number of carbonyl (C=O) groups is 1. The second-order valence-electron chi connectivity index (χ2n) is 3.54. The first-order valence-electron chi connectivity index (χ1n) is 5.24. The Morgan fingerprint density at radius 1 is 1.35 bits per heavy atom. The smallest absolute Gasteiger partial charge is 0.347 e. The molecule has 94 valence electrons. The average Bonchev–Trinajstić information content (AvgIpc) is 2.26. The number of rotatable bonds is 4. The highest BCUT2D eigenvalue weighted by molar-refractivity contribution is 6.36. The minimum Gasteiger partial charge on any atom is -0.477 e. The van der Waals surface area contributed by atoms with E-state index < -0.39 is 12.1 Å². The van der Waals surface area contributed by atoms with Crippen molar-refractivity contribution in [2.24, 2.45) is 0 Å². The van der Waals surface area contributed by atoms with E-state index in [1.165, 1.54) is 0 Å². The van der Waals surface area contributed by atoms with E-state index in [0.717, 1.165) is 5.56 Å². The molecule has 0 aliphatic heterocycles. The van der Waals surface area contributed by atoms with Gasteiger partial charge in [0, 0.05) is 5.02 Å². The largest absolute Gasteiger partial charge is 0.477 e. The fraction of sp³-hybridized carbons (Fsp3) is 0.417. The average molecular weight is 277 g/mol. The van der Waals surface area contributed by atoms with Gasteiger partial charge in [0.1, 0.15) is 5.75 Å². The van der Waals surface area contributed by atoms with E-state index in [-0.39, 0.29) is 0 Å². The first-order valence-corrected chi connectivity index (χ1v) is 6.00. The van der Waals surface area contributed by atoms with Gasteiger partial charge in [-0.25, -0.2) is 4.79 Å². The molecule has 3 nitrogen and oxygen atoms in total. The van der Waals surface area contributed by atoms with Crippen molar-refractivity contribution < 1.29 is 14.3 Å². The molecule has 0 bridgehead atoms. The first-order chi connectivity index (χ1) is 7.95. The first kappa shape index (κ1) is 14.1. The number of carbonyl (C=O) groups excluding carboxylic acids is 1. The predicted octanol–water partition coefficient (Wildman–Crippen LogP) is 3.63. The molecule has 0 aromatic heterocycles. The predicted molar refractivity (Wildman–Crippen MR) is 67.9 cm³/mol. The minimum absolute atomic E-state index is 0.319. The van der Waals surface area contributed by atoms with Crippen LogP contribution < -0.4 is 4.74 Å². The van der Waals surface area contributed by atoms with Crippen LogP contribution in [0.2, 0.25) is 10.0 Å². The highest BCUT2D eigenvalue weighted by Crippen LogP contribution is 2.31. The molecule has 1 aromatic carbocycles. The number of hydrogen-bond donors (Lipinski definition) is 0. The van der Waals surface area contributed by atoms with Crippen LogP contribution in [0.1, 0.15) is 19.4 Å². The third-order valence-electron chi connectivity index (χ3n) is 2.14. The molecule has 0 N–H and O–H groups in total. The lowest BCUT2D eigenvalue weighted by molar-refractivity contribution is -0.150. The van der Waals surface area contributed by atoms with E-state index in [1.54, 1.807) is 26.0 Å². The number of hydrogen-bond acceptors (Lipinski definition) is 3. The lowest BCUT2D eigenvalue weighted by atomic mass is 10.2. The van der Waals surface area contributed by atoms with Crippen LogP contribution >= 0.6 is 23.2 Å². The van der Waals surface area contributed by atoms with Crippen LogP contribution in [0.3, 0.4) is 0 Å². The third kappa shape index (κ3) is 3.79. The highest BCUT2D eigenvalue weighted by Gasteiger charge is 2.17. The Bertz CT molecular complexity index is 418. The van der Waals surface area contributed by atoms with E-state index in [0.29, 0.717) is 22.4 Å². The Morgan fingerprint density at radius 2 is 2.00 bits per heavy atom. The molecule has 1 aromatic rings. The molecule has 0 radical (unpaired) electrons. The number of esters is 1. The van der Waals surface area contributed by atoms with E-state index in [9.17, 15) is 4.79 Å². The molecule has 5 heteroatoms. The van der Waals surface area contributed by atoms with Gasteiger partial charge in [0.2, 0.25) is 0 Å². The summed E-state index contributed by atoms with van der Waals surface area (Å²) in [7, 11) is 0. The molecular formula is C12H14Cl2O3. The summed E-state index contributed by atoms with van der Waals surface area (Å²) in [4.78, 5) is 11.4. The fourth-order valence-corrected chi connectivity index (χ4v) is 1.65. The maximum absolute atomic E-state index is 11.4. The standard InChI is InChI=1S/C12H14Cl2O3/c1-4-16-12(15)8(3)17-11-5-7(2)9(13)6-10(11)14/h5-6,8H,4H2,1-3H3. The van der Waals surface area contributed by atoms with Crippen molar-refractivity contribution >= 4 is 29.2 Å². The number of benzene rings is 1. The summed E-state index contributed by atoms with van der Waals surface area (Å²) >= 11 is 11.9. The Balaban J connectivity index is 2.81. The second kappa shape index (κ2) is 6.12. The molecule has 1 unspecified atom stereocenters. The van der Waals surface area contributed by atoms with Crippen molar-refractivity contribution in [3.63, 3.8) is 0 Å². The van der Waals surface area contributed by atoms with Crippen LogP contribution in [0.25, 0.3) is 0 Å². The van der Waals surface area contributed by atoms with Gasteiger partial charge in [0.05, 0.1) is 11.6 Å². The maximum Gasteiger partial charge on any atom is 0.347 e. The quantitative estimate of drug-likeness (QED) is 0.788. The maximum atomic E-state index is 11.4. The summed E-state index contributed by atoms with van der Waals surface area (Å²) in [5, 5.41) is 0.933. The summed E-state index contributed by atoms with van der Waals surface area (Å²) < 4.78 is 10.3. The number of ether oxygens (including phenoxy) is 2. The van der Waals surface area contributed by atoms with Crippen LogP contribution in [0.5, 0.6) is 5.75 Å². The molecule has 1 rings (SSSR count). The Morgan fingerprint density at radius 3 is 2.59 bits per heavy atom. The zero-order valence-electron chi connectivity index (χ0n) is 9.92. The molecule has 0 saturated heterocycles. The van der Waals surface area contributed by atoms with Crippen LogP contribution in [-0.4, -0.2) is 18.7 Å². The third-order valence-corrected chi connectivity index (χ3v) is 2.84. The molecule has 0 heterocycles. The lowest BCUT2D eigenvalue weighted by Crippen LogP contribution is -2.26. The summed E-state index contributed by atoms with van der Waals surface area (Å²) in [5.41, 5.74) is 0.835. The van der Waals surface area contributed by atoms with Gasteiger partial charge in [0.15, 0.2) is 6.10 Å². The molecule has 0 amide bonds. The lowest BCUT2D eigenvalue weighted by Gasteiger charge is -2.15. The Kier molecular flexibility index (Phi) is 5.09. The van der Waals surface area contributed by atoms with Gasteiger partial charge in [0.25, 0.3) is 0 Å². The van der Waals surface area contributed by atoms with Crippen LogP contribution in [0, 0.1) is 6.92 Å². The van der Waals surface area contributed by atoms with Crippen molar-refractivity contribution in [3.05, 3.63) is 27.7 Å². The van der Waals surface area contributed by atoms with Crippen molar-refractivity contribution in [1.29, 1.82) is 0 Å². The highest BCUT2D eigenvalue weighted by atomic mass is 35.5. The molecule has 1 atom stereocenters. The number of halogens is 2. The summed E-state index contributed by atoms with van der Waals surface area (Å²) in [6, 6.07) is 3.28. The summed E-state index contributed by atoms with van der Waals surface area (Å²) in [5.74, 6) is 0.00490. The zero-order chi connectivity index (χ0) is 13.0. The van der Waals surface area contributed by atoms with Crippen molar-refractivity contribution in [2.45, 2.75) is 26.9 Å². The van der Waals surface area contributed by atoms with E-state index >= 15 is 0 Å². The molecule has 0 saturated carbocycles. The van der Waals surface area contributed by atoms with E-state index in [2.05, 4.69) is 0 Å². The Labute approximate surface area is 111 Å². The topological polar surface area (TPSA) is 35.5 Å². The van der Waals surface area contributed by atoms with Gasteiger partial charge in [-0.15, -0.1) is 0 Å². The van der Waals surface area contributed by atoms with Gasteiger partial charge < -0.3 is 9.47 Å². The summed E-state index contributed by atoms with van der Waals surface area (Å²) in [6.07, 6.45) is -0.701. The monoisotopic (exact) mass is 276 g/mol. The van der Waals surface area contributed by atoms with Gasteiger partial charge in [-0.1, -0.05) is 23.2 Å². The molecule has 0 spiro atoms. The van der Waals surface area contributed by atoms with E-state index in [1.807, 2.05) is 6.92 Å². The fourth-order valence-electron chi connectivity index (χ4n) is 1.22. The minimum atomic E-state index is -0.701. The molecule has 17 heavy (non-hydrogen) atoms. The zero-order valence-corrected chi connectivity index (χ0v) is 11.4. The van der Waals surface area contributed by atoms with E-state index in [4.69, 9.17) is 32.7 Å². The van der Waals surface area contributed by atoms with Crippen LogP contribution in [0.4, 0.5) is 0 Å². The SMILES string of the molecule is CCOC(=O)C(C)Oc1cc(C)c(Cl)cc1Cl. The molecule has 0 aliphatic rings. The van der Waals surface area contributed by atoms with Gasteiger partial charge in [-0.3, -0.25) is 0 Å². The van der Waals surface area contributed by atoms with Gasteiger partial charge in [-0.2, -0.15) is 0 Å². The van der Waals surface area contributed by atoms with Crippen molar-refractivity contribution in [3.8, 4) is 5.75 Å². The van der Waals surface area contributed by atoms with Crippen molar-refractivity contribution in [2.75, 3.05) is 6.61 Å². The Hall–Kier alpha value is -0.930. The van der Waals surface area contributed by atoms with Crippen molar-refractivity contribution in [1.82, 2.24) is 0 Å². The van der Waals surface area contributed by atoms with Gasteiger partial charge in [-0.05, 0) is 38.5 Å².